The van der Waals surface area contributed by atoms with Gasteiger partial charge in [0.2, 0.25) is 11.8 Å². The van der Waals surface area contributed by atoms with Crippen molar-refractivity contribution in [1.29, 1.82) is 0 Å². The molecule has 148 valence electrons. The van der Waals surface area contributed by atoms with Gasteiger partial charge in [-0.25, -0.2) is 0 Å². The number of hydrogen-bond acceptors (Lipinski definition) is 6. The van der Waals surface area contributed by atoms with E-state index in [0.29, 0.717) is 5.69 Å². The molecule has 1 atom stereocenters. The summed E-state index contributed by atoms with van der Waals surface area (Å²) in [6, 6.07) is 12.7. The zero-order valence-corrected chi connectivity index (χ0v) is 16.7. The van der Waals surface area contributed by atoms with E-state index < -0.39 is 16.9 Å². The fourth-order valence-corrected chi connectivity index (χ4v) is 3.03. The molecule has 2 aromatic rings. The van der Waals surface area contributed by atoms with Crippen molar-refractivity contribution in [3.63, 3.8) is 0 Å². The number of rotatable bonds is 8. The minimum atomic E-state index is -0.665. The first-order chi connectivity index (χ1) is 13.3. The Bertz CT molecular complexity index is 875. The van der Waals surface area contributed by atoms with Crippen molar-refractivity contribution in [2.45, 2.75) is 17.9 Å². The first kappa shape index (κ1) is 21.4. The van der Waals surface area contributed by atoms with Crippen molar-refractivity contribution in [2.75, 3.05) is 30.5 Å². The van der Waals surface area contributed by atoms with Gasteiger partial charge in [0.05, 0.1) is 23.2 Å². The predicted octanol–water partition coefficient (Wildman–Crippen LogP) is 3.21. The summed E-state index contributed by atoms with van der Waals surface area (Å²) in [5.74, 6) is -0.691. The quantitative estimate of drug-likeness (QED) is 0.399. The van der Waals surface area contributed by atoms with Crippen molar-refractivity contribution >= 4 is 40.6 Å². The minimum Gasteiger partial charge on any atom is -0.324 e. The Kier molecular flexibility index (Phi) is 7.53. The van der Waals surface area contributed by atoms with E-state index in [-0.39, 0.29) is 23.8 Å². The summed E-state index contributed by atoms with van der Waals surface area (Å²) in [6.07, 6.45) is 1.92. The number of carbonyl (C=O) groups excluding carboxylic acids is 2. The van der Waals surface area contributed by atoms with E-state index in [1.165, 1.54) is 30.0 Å². The molecule has 0 aliphatic carbocycles. The lowest BCUT2D eigenvalue weighted by atomic mass is 10.2. The third kappa shape index (κ3) is 5.54. The van der Waals surface area contributed by atoms with Crippen LogP contribution in [0.1, 0.15) is 6.92 Å². The van der Waals surface area contributed by atoms with Crippen LogP contribution in [0, 0.1) is 10.1 Å². The molecule has 0 heterocycles. The third-order valence-electron chi connectivity index (χ3n) is 4.17. The van der Waals surface area contributed by atoms with E-state index in [4.69, 9.17) is 0 Å². The topological polar surface area (TPSA) is 105 Å². The van der Waals surface area contributed by atoms with Gasteiger partial charge in [-0.05, 0) is 38.4 Å². The molecule has 2 amide bonds. The molecule has 2 rings (SSSR count). The van der Waals surface area contributed by atoms with Gasteiger partial charge < -0.3 is 10.6 Å². The number of nitro benzene ring substituents is 1. The van der Waals surface area contributed by atoms with E-state index in [0.717, 1.165) is 4.90 Å². The Morgan fingerprint density at radius 2 is 1.71 bits per heavy atom. The molecule has 0 fully saturated rings. The molecule has 2 aromatic carbocycles. The lowest BCUT2D eigenvalue weighted by molar-refractivity contribution is -0.383. The van der Waals surface area contributed by atoms with Gasteiger partial charge in [-0.1, -0.05) is 24.3 Å². The molecule has 0 aliphatic heterocycles. The third-order valence-corrected chi connectivity index (χ3v) is 4.97. The van der Waals surface area contributed by atoms with Crippen LogP contribution >= 0.6 is 11.8 Å². The van der Waals surface area contributed by atoms with Gasteiger partial charge in [0.15, 0.2) is 0 Å². The first-order valence-electron chi connectivity index (χ1n) is 8.51. The Labute approximate surface area is 167 Å². The highest BCUT2D eigenvalue weighted by molar-refractivity contribution is 7.98. The van der Waals surface area contributed by atoms with Gasteiger partial charge in [-0.2, -0.15) is 0 Å². The molecule has 0 bridgehead atoms. The van der Waals surface area contributed by atoms with E-state index in [2.05, 4.69) is 10.6 Å². The molecule has 9 heteroatoms. The maximum absolute atomic E-state index is 12.5. The molecule has 0 radical (unpaired) electrons. The molecule has 0 aromatic heterocycles. The number of likely N-dealkylation sites (N-methyl/N-ethyl adjacent to an activating group) is 1. The van der Waals surface area contributed by atoms with Crippen LogP contribution in [0.25, 0.3) is 0 Å². The summed E-state index contributed by atoms with van der Waals surface area (Å²) in [4.78, 5) is 37.8. The Morgan fingerprint density at radius 3 is 2.36 bits per heavy atom. The summed E-state index contributed by atoms with van der Waals surface area (Å²) in [5.41, 5.74) is 0.652. The molecule has 2 N–H and O–H groups in total. The highest BCUT2D eigenvalue weighted by atomic mass is 32.2. The highest BCUT2D eigenvalue weighted by Crippen LogP contribution is 2.25. The maximum Gasteiger partial charge on any atom is 0.292 e. The van der Waals surface area contributed by atoms with Crippen LogP contribution in [-0.4, -0.2) is 47.5 Å². The lowest BCUT2D eigenvalue weighted by Gasteiger charge is -2.23. The van der Waals surface area contributed by atoms with E-state index in [1.807, 2.05) is 30.5 Å². The van der Waals surface area contributed by atoms with E-state index >= 15 is 0 Å². The van der Waals surface area contributed by atoms with Gasteiger partial charge in [-0.3, -0.25) is 24.6 Å². The normalized spacial score (nSPS) is 11.7. The number of hydrogen-bond donors (Lipinski definition) is 2. The first-order valence-corrected chi connectivity index (χ1v) is 9.73. The minimum absolute atomic E-state index is 0.00577. The summed E-state index contributed by atoms with van der Waals surface area (Å²) in [6.45, 7) is 1.63. The molecule has 0 aliphatic rings. The van der Waals surface area contributed by atoms with Crippen LogP contribution < -0.4 is 10.6 Å². The van der Waals surface area contributed by atoms with Crippen molar-refractivity contribution in [2.24, 2.45) is 0 Å². The number of nitrogens with one attached hydrogen (secondary N) is 2. The summed E-state index contributed by atoms with van der Waals surface area (Å²) >= 11 is 1.52. The van der Waals surface area contributed by atoms with Crippen LogP contribution in [0.15, 0.2) is 53.4 Å². The number of amides is 2. The Balaban J connectivity index is 1.98. The number of nitrogens with zero attached hydrogens (tertiary/aromatic N) is 2. The molecular weight excluding hydrogens is 380 g/mol. The van der Waals surface area contributed by atoms with Gasteiger partial charge in [0, 0.05) is 11.0 Å². The number of benzene rings is 2. The summed E-state index contributed by atoms with van der Waals surface area (Å²) in [7, 11) is 1.64. The van der Waals surface area contributed by atoms with Gasteiger partial charge in [0.25, 0.3) is 5.69 Å². The number of thioether (sulfide) groups is 1. The predicted molar refractivity (Wildman–Crippen MR) is 111 cm³/mol. The zero-order chi connectivity index (χ0) is 20.7. The average Bonchev–Trinajstić information content (AvgIpc) is 2.67. The molecular formula is C19H22N4O4S. The second kappa shape index (κ2) is 9.86. The van der Waals surface area contributed by atoms with E-state index in [1.54, 1.807) is 24.9 Å². The van der Waals surface area contributed by atoms with Crippen molar-refractivity contribution in [1.82, 2.24) is 4.90 Å². The highest BCUT2D eigenvalue weighted by Gasteiger charge is 2.23. The average molecular weight is 402 g/mol. The molecule has 28 heavy (non-hydrogen) atoms. The Morgan fingerprint density at radius 1 is 1.11 bits per heavy atom. The Hall–Kier alpha value is -2.91. The number of para-hydroxylation sites is 3. The summed E-state index contributed by atoms with van der Waals surface area (Å²) in [5, 5.41) is 16.5. The molecule has 8 nitrogen and oxygen atoms in total. The van der Waals surface area contributed by atoms with Crippen molar-refractivity contribution in [3.05, 3.63) is 58.6 Å². The number of carbonyl (C=O) groups is 2. The summed E-state index contributed by atoms with van der Waals surface area (Å²) < 4.78 is 0. The maximum atomic E-state index is 12.5. The zero-order valence-electron chi connectivity index (χ0n) is 15.8. The number of anilines is 2. The van der Waals surface area contributed by atoms with Gasteiger partial charge in [0.1, 0.15) is 5.69 Å². The van der Waals surface area contributed by atoms with Crippen LogP contribution in [-0.2, 0) is 9.59 Å². The molecule has 0 saturated carbocycles. The standard InChI is InChI=1S/C19H22N4O4S/c1-13(19(25)21-14-8-4-6-10-16(14)23(26)27)22(2)12-18(24)20-15-9-5-7-11-17(15)28-3/h4-11,13H,12H2,1-3H3,(H,20,24)(H,21,25)/t13-/m0/s1. The SMILES string of the molecule is CSc1ccccc1NC(=O)CN(C)[C@@H](C)C(=O)Nc1ccccc1[N+](=O)[O-]. The smallest absolute Gasteiger partial charge is 0.292 e. The van der Waals surface area contributed by atoms with Gasteiger partial charge >= 0.3 is 0 Å². The van der Waals surface area contributed by atoms with Crippen LogP contribution in [0.2, 0.25) is 0 Å². The second-order valence-corrected chi connectivity index (χ2v) is 6.95. The van der Waals surface area contributed by atoms with Gasteiger partial charge in [-0.15, -0.1) is 11.8 Å². The largest absolute Gasteiger partial charge is 0.324 e. The fraction of sp³-hybridized carbons (Fsp3) is 0.263. The van der Waals surface area contributed by atoms with E-state index in [9.17, 15) is 19.7 Å². The molecule has 0 unspecified atom stereocenters. The van der Waals surface area contributed by atoms with Crippen LogP contribution in [0.3, 0.4) is 0 Å². The van der Waals surface area contributed by atoms with Crippen molar-refractivity contribution in [3.8, 4) is 0 Å². The molecule has 0 saturated heterocycles. The monoisotopic (exact) mass is 402 g/mol. The lowest BCUT2D eigenvalue weighted by Crippen LogP contribution is -2.43. The van der Waals surface area contributed by atoms with Crippen molar-refractivity contribution < 1.29 is 14.5 Å². The fourth-order valence-electron chi connectivity index (χ4n) is 2.48. The number of nitro groups is 1. The second-order valence-electron chi connectivity index (χ2n) is 6.10. The van der Waals surface area contributed by atoms with Crippen LogP contribution in [0.5, 0.6) is 0 Å². The van der Waals surface area contributed by atoms with Crippen LogP contribution in [0.4, 0.5) is 17.1 Å². The molecule has 0 spiro atoms.